The van der Waals surface area contributed by atoms with E-state index in [-0.39, 0.29) is 5.82 Å². The lowest BCUT2D eigenvalue weighted by molar-refractivity contribution is 0.0829. The highest BCUT2D eigenvalue weighted by Gasteiger charge is 2.38. The van der Waals surface area contributed by atoms with Crippen LogP contribution < -0.4 is 0 Å². The molecule has 92 valence electrons. The summed E-state index contributed by atoms with van der Waals surface area (Å²) in [5.41, 5.74) is 1.37. The minimum Gasteiger partial charge on any atom is -0.380 e. The van der Waals surface area contributed by atoms with Gasteiger partial charge in [-0.25, -0.2) is 4.39 Å². The van der Waals surface area contributed by atoms with Crippen molar-refractivity contribution in [3.05, 3.63) is 70.0 Å². The van der Waals surface area contributed by atoms with Gasteiger partial charge in [0.05, 0.1) is 0 Å². The van der Waals surface area contributed by atoms with Crippen molar-refractivity contribution < 1.29 is 9.50 Å². The van der Waals surface area contributed by atoms with E-state index in [9.17, 15) is 9.50 Å². The largest absolute Gasteiger partial charge is 0.380 e. The number of aryl methyl sites for hydroxylation is 1. The Hall–Kier alpha value is -1.38. The summed E-state index contributed by atoms with van der Waals surface area (Å²) in [7, 11) is 0. The van der Waals surface area contributed by atoms with Crippen molar-refractivity contribution >= 4 is 11.6 Å². The molecule has 0 fully saturated rings. The fraction of sp³-hybridized carbons (Fsp3) is 0.200. The molecule has 3 rings (SSSR count). The van der Waals surface area contributed by atoms with Gasteiger partial charge in [0.2, 0.25) is 0 Å². The van der Waals surface area contributed by atoms with Gasteiger partial charge in [-0.3, -0.25) is 0 Å². The zero-order valence-electron chi connectivity index (χ0n) is 9.66. The van der Waals surface area contributed by atoms with Crippen LogP contribution in [0.25, 0.3) is 0 Å². The zero-order valence-corrected chi connectivity index (χ0v) is 10.4. The van der Waals surface area contributed by atoms with Gasteiger partial charge in [0, 0.05) is 5.02 Å². The quantitative estimate of drug-likeness (QED) is 0.832. The molecule has 1 unspecified atom stereocenters. The highest BCUT2D eigenvalue weighted by molar-refractivity contribution is 6.30. The smallest absolute Gasteiger partial charge is 0.123 e. The fourth-order valence-electron chi connectivity index (χ4n) is 2.67. The first kappa shape index (κ1) is 11.7. The summed E-state index contributed by atoms with van der Waals surface area (Å²) >= 11 is 5.97. The van der Waals surface area contributed by atoms with Gasteiger partial charge in [-0.2, -0.15) is 0 Å². The van der Waals surface area contributed by atoms with Crippen molar-refractivity contribution in [1.82, 2.24) is 0 Å². The summed E-state index contributed by atoms with van der Waals surface area (Å²) in [5.74, 6) is -0.260. The Labute approximate surface area is 110 Å². The van der Waals surface area contributed by atoms with Crippen LogP contribution >= 0.6 is 11.6 Å². The lowest BCUT2D eigenvalue weighted by Gasteiger charge is -2.24. The molecule has 1 aliphatic carbocycles. The summed E-state index contributed by atoms with van der Waals surface area (Å²) in [4.78, 5) is 0. The van der Waals surface area contributed by atoms with Gasteiger partial charge in [-0.05, 0) is 53.8 Å². The molecule has 2 aromatic carbocycles. The van der Waals surface area contributed by atoms with E-state index in [1.807, 2.05) is 12.1 Å². The Morgan fingerprint density at radius 3 is 2.78 bits per heavy atom. The van der Waals surface area contributed by atoms with E-state index in [0.717, 1.165) is 16.7 Å². The van der Waals surface area contributed by atoms with Crippen molar-refractivity contribution in [2.75, 3.05) is 0 Å². The van der Waals surface area contributed by atoms with Gasteiger partial charge < -0.3 is 5.11 Å². The predicted octanol–water partition coefficient (Wildman–Crippen LogP) is 3.66. The number of fused-ring (bicyclic) bond motifs is 1. The third-order valence-corrected chi connectivity index (χ3v) is 3.81. The highest BCUT2D eigenvalue weighted by Crippen LogP contribution is 2.42. The maximum atomic E-state index is 13.2. The molecule has 1 atom stereocenters. The summed E-state index contributed by atoms with van der Waals surface area (Å²) in [5, 5.41) is 11.4. The van der Waals surface area contributed by atoms with E-state index in [1.165, 1.54) is 12.1 Å². The maximum Gasteiger partial charge on any atom is 0.123 e. The first-order valence-electron chi connectivity index (χ1n) is 5.87. The van der Waals surface area contributed by atoms with Crippen LogP contribution in [-0.2, 0) is 12.0 Å². The number of hydrogen-bond acceptors (Lipinski definition) is 1. The highest BCUT2D eigenvalue weighted by atomic mass is 35.5. The molecule has 18 heavy (non-hydrogen) atoms. The zero-order chi connectivity index (χ0) is 12.8. The second kappa shape index (κ2) is 4.08. The van der Waals surface area contributed by atoms with Gasteiger partial charge in [0.25, 0.3) is 0 Å². The Morgan fingerprint density at radius 2 is 2.00 bits per heavy atom. The van der Waals surface area contributed by atoms with Crippen LogP contribution in [0.4, 0.5) is 4.39 Å². The minimum atomic E-state index is -1.05. The molecule has 0 saturated heterocycles. The van der Waals surface area contributed by atoms with Gasteiger partial charge in [-0.15, -0.1) is 0 Å². The third-order valence-electron chi connectivity index (χ3n) is 3.57. The second-order valence-corrected chi connectivity index (χ2v) is 5.11. The van der Waals surface area contributed by atoms with Crippen LogP contribution in [0.5, 0.6) is 0 Å². The van der Waals surface area contributed by atoms with E-state index in [0.29, 0.717) is 17.9 Å². The summed E-state index contributed by atoms with van der Waals surface area (Å²) in [6.07, 6.45) is 1.24. The Bertz CT molecular complexity index is 611. The third kappa shape index (κ3) is 1.73. The van der Waals surface area contributed by atoms with Crippen molar-refractivity contribution in [2.24, 2.45) is 0 Å². The molecule has 2 aromatic rings. The molecule has 0 spiro atoms. The van der Waals surface area contributed by atoms with Gasteiger partial charge in [-0.1, -0.05) is 29.8 Å². The van der Waals surface area contributed by atoms with E-state index in [1.54, 1.807) is 18.2 Å². The average molecular weight is 263 g/mol. The van der Waals surface area contributed by atoms with Crippen LogP contribution in [0, 0.1) is 5.82 Å². The molecular weight excluding hydrogens is 251 g/mol. The molecule has 0 aliphatic heterocycles. The van der Waals surface area contributed by atoms with Gasteiger partial charge >= 0.3 is 0 Å². The number of hydrogen-bond donors (Lipinski definition) is 1. The lowest BCUT2D eigenvalue weighted by Crippen LogP contribution is -2.23. The molecule has 0 radical (unpaired) electrons. The van der Waals surface area contributed by atoms with E-state index in [4.69, 9.17) is 11.6 Å². The minimum absolute atomic E-state index is 0.260. The van der Waals surface area contributed by atoms with E-state index in [2.05, 4.69) is 0 Å². The topological polar surface area (TPSA) is 20.2 Å². The molecular formula is C15H12ClFO. The second-order valence-electron chi connectivity index (χ2n) is 4.67. The normalized spacial score (nSPS) is 21.9. The Morgan fingerprint density at radius 1 is 1.17 bits per heavy atom. The van der Waals surface area contributed by atoms with Crippen molar-refractivity contribution in [1.29, 1.82) is 0 Å². The molecule has 0 amide bonds. The van der Waals surface area contributed by atoms with Gasteiger partial charge in [0.1, 0.15) is 11.4 Å². The molecule has 1 aliphatic rings. The summed E-state index contributed by atoms with van der Waals surface area (Å²) < 4.78 is 13.2. The average Bonchev–Trinajstić information content (AvgIpc) is 2.68. The number of benzene rings is 2. The van der Waals surface area contributed by atoms with Crippen LogP contribution in [0.15, 0.2) is 42.5 Å². The molecule has 3 heteroatoms. The van der Waals surface area contributed by atoms with E-state index >= 15 is 0 Å². The predicted molar refractivity (Wildman–Crippen MR) is 69.2 cm³/mol. The molecule has 0 saturated carbocycles. The van der Waals surface area contributed by atoms with Crippen LogP contribution in [-0.4, -0.2) is 5.11 Å². The monoisotopic (exact) mass is 262 g/mol. The van der Waals surface area contributed by atoms with Crippen LogP contribution in [0.1, 0.15) is 23.1 Å². The maximum absolute atomic E-state index is 13.2. The SMILES string of the molecule is OC1(c2cccc(Cl)c2)CCc2cc(F)ccc21. The molecule has 0 aromatic heterocycles. The van der Waals surface area contributed by atoms with Crippen molar-refractivity contribution in [2.45, 2.75) is 18.4 Å². The fourth-order valence-corrected chi connectivity index (χ4v) is 2.86. The van der Waals surface area contributed by atoms with E-state index < -0.39 is 5.60 Å². The van der Waals surface area contributed by atoms with Crippen molar-refractivity contribution in [3.63, 3.8) is 0 Å². The number of halogens is 2. The number of rotatable bonds is 1. The van der Waals surface area contributed by atoms with Crippen molar-refractivity contribution in [3.8, 4) is 0 Å². The molecule has 0 bridgehead atoms. The standard InChI is InChI=1S/C15H12ClFO/c16-12-3-1-2-11(9-12)15(18)7-6-10-8-13(17)4-5-14(10)15/h1-5,8-9,18H,6-7H2. The number of aliphatic hydroxyl groups is 1. The van der Waals surface area contributed by atoms with Gasteiger partial charge in [0.15, 0.2) is 0 Å². The first-order valence-corrected chi connectivity index (χ1v) is 6.25. The Balaban J connectivity index is 2.14. The Kier molecular flexibility index (Phi) is 2.65. The summed E-state index contributed by atoms with van der Waals surface area (Å²) in [6.45, 7) is 0. The van der Waals surface area contributed by atoms with Crippen LogP contribution in [0.3, 0.4) is 0 Å². The summed E-state index contributed by atoms with van der Waals surface area (Å²) in [6, 6.07) is 11.8. The van der Waals surface area contributed by atoms with Crippen LogP contribution in [0.2, 0.25) is 5.02 Å². The first-order chi connectivity index (χ1) is 8.59. The lowest BCUT2D eigenvalue weighted by atomic mass is 9.88. The molecule has 1 N–H and O–H groups in total. The molecule has 0 heterocycles. The molecule has 1 nitrogen and oxygen atoms in total.